The van der Waals surface area contributed by atoms with Crippen molar-refractivity contribution < 1.29 is 9.13 Å². The van der Waals surface area contributed by atoms with Gasteiger partial charge in [-0.2, -0.15) is 5.10 Å². The Morgan fingerprint density at radius 3 is 2.95 bits per heavy atom. The van der Waals surface area contributed by atoms with E-state index in [1.165, 1.54) is 6.07 Å². The number of ether oxygens (including phenoxy) is 1. The summed E-state index contributed by atoms with van der Waals surface area (Å²) in [6.07, 6.45) is 4.62. The van der Waals surface area contributed by atoms with Crippen molar-refractivity contribution in [2.24, 2.45) is 0 Å². The number of hydrogen-bond acceptors (Lipinski definition) is 3. The van der Waals surface area contributed by atoms with E-state index >= 15 is 0 Å². The summed E-state index contributed by atoms with van der Waals surface area (Å²) in [7, 11) is 0. The van der Waals surface area contributed by atoms with Gasteiger partial charge >= 0.3 is 0 Å². The third kappa shape index (κ3) is 4.56. The standard InChI is InChI=1S/C16H22FN3O/c1-3-7-18-13(2)14-5-6-16(15(17)12-14)21-11-10-20-9-4-8-19-20/h4-6,8-9,12-13,18H,3,7,10-11H2,1-2H3. The lowest BCUT2D eigenvalue weighted by atomic mass is 10.1. The number of hydrogen-bond donors (Lipinski definition) is 1. The molecule has 1 atom stereocenters. The number of nitrogens with zero attached hydrogens (tertiary/aromatic N) is 2. The van der Waals surface area contributed by atoms with E-state index in [0.29, 0.717) is 13.2 Å². The van der Waals surface area contributed by atoms with Gasteiger partial charge in [-0.05, 0) is 43.7 Å². The highest BCUT2D eigenvalue weighted by atomic mass is 19.1. The fourth-order valence-electron chi connectivity index (χ4n) is 2.06. The van der Waals surface area contributed by atoms with Gasteiger partial charge in [0.2, 0.25) is 0 Å². The van der Waals surface area contributed by atoms with E-state index in [1.807, 2.05) is 25.3 Å². The molecule has 5 heteroatoms. The van der Waals surface area contributed by atoms with Gasteiger partial charge in [0.25, 0.3) is 0 Å². The smallest absolute Gasteiger partial charge is 0.165 e. The highest BCUT2D eigenvalue weighted by Crippen LogP contribution is 2.22. The molecule has 1 N–H and O–H groups in total. The predicted octanol–water partition coefficient (Wildman–Crippen LogP) is 3.16. The Balaban J connectivity index is 1.89. The monoisotopic (exact) mass is 291 g/mol. The Morgan fingerprint density at radius 2 is 2.29 bits per heavy atom. The number of halogens is 1. The van der Waals surface area contributed by atoms with E-state index in [1.54, 1.807) is 16.9 Å². The van der Waals surface area contributed by atoms with Crippen LogP contribution in [0.4, 0.5) is 4.39 Å². The van der Waals surface area contributed by atoms with E-state index in [9.17, 15) is 4.39 Å². The van der Waals surface area contributed by atoms with Crippen LogP contribution in [0.3, 0.4) is 0 Å². The van der Waals surface area contributed by atoms with Crippen LogP contribution in [0, 0.1) is 5.82 Å². The molecule has 1 aromatic carbocycles. The summed E-state index contributed by atoms with van der Waals surface area (Å²) in [5.74, 6) is -0.0355. The molecule has 0 fully saturated rings. The van der Waals surface area contributed by atoms with Crippen molar-refractivity contribution in [3.8, 4) is 5.75 Å². The molecule has 2 aromatic rings. The third-order valence-corrected chi connectivity index (χ3v) is 3.29. The van der Waals surface area contributed by atoms with E-state index in [4.69, 9.17) is 4.74 Å². The molecule has 0 aliphatic rings. The zero-order chi connectivity index (χ0) is 15.1. The first-order valence-corrected chi connectivity index (χ1v) is 7.33. The Morgan fingerprint density at radius 1 is 1.43 bits per heavy atom. The fraction of sp³-hybridized carbons (Fsp3) is 0.438. The number of nitrogens with one attached hydrogen (secondary N) is 1. The topological polar surface area (TPSA) is 39.1 Å². The maximum Gasteiger partial charge on any atom is 0.165 e. The maximum absolute atomic E-state index is 14.0. The summed E-state index contributed by atoms with van der Waals surface area (Å²) in [5.41, 5.74) is 0.931. The van der Waals surface area contributed by atoms with Crippen molar-refractivity contribution in [2.45, 2.75) is 32.9 Å². The first kappa shape index (κ1) is 15.5. The van der Waals surface area contributed by atoms with Crippen LogP contribution in [0.25, 0.3) is 0 Å². The zero-order valence-electron chi connectivity index (χ0n) is 12.6. The second kappa shape index (κ2) is 7.78. The van der Waals surface area contributed by atoms with Gasteiger partial charge in [0, 0.05) is 18.4 Å². The summed E-state index contributed by atoms with van der Waals surface area (Å²) in [6.45, 7) is 6.05. The predicted molar refractivity (Wildman–Crippen MR) is 80.8 cm³/mol. The van der Waals surface area contributed by atoms with Crippen molar-refractivity contribution in [2.75, 3.05) is 13.2 Å². The summed E-state index contributed by atoms with van der Waals surface area (Å²) in [5, 5.41) is 7.41. The van der Waals surface area contributed by atoms with Gasteiger partial charge in [0.05, 0.1) is 6.54 Å². The van der Waals surface area contributed by atoms with Crippen LogP contribution in [0.2, 0.25) is 0 Å². The summed E-state index contributed by atoms with van der Waals surface area (Å²) < 4.78 is 21.2. The lowest BCUT2D eigenvalue weighted by Gasteiger charge is -2.15. The van der Waals surface area contributed by atoms with Crippen LogP contribution in [0.15, 0.2) is 36.7 Å². The molecule has 0 aliphatic carbocycles. The molecule has 1 heterocycles. The summed E-state index contributed by atoms with van der Waals surface area (Å²) in [4.78, 5) is 0. The average Bonchev–Trinajstić information content (AvgIpc) is 2.99. The van der Waals surface area contributed by atoms with Crippen molar-refractivity contribution in [1.29, 1.82) is 0 Å². The van der Waals surface area contributed by atoms with Gasteiger partial charge in [-0.15, -0.1) is 0 Å². The second-order valence-corrected chi connectivity index (χ2v) is 4.98. The molecule has 0 saturated carbocycles. The minimum atomic E-state index is -0.321. The van der Waals surface area contributed by atoms with Crippen molar-refractivity contribution >= 4 is 0 Å². The van der Waals surface area contributed by atoms with Crippen molar-refractivity contribution in [1.82, 2.24) is 15.1 Å². The molecule has 0 bridgehead atoms. The van der Waals surface area contributed by atoms with Crippen LogP contribution < -0.4 is 10.1 Å². The molecule has 4 nitrogen and oxygen atoms in total. The number of benzene rings is 1. The van der Waals surface area contributed by atoms with Crippen LogP contribution in [0.1, 0.15) is 31.9 Å². The van der Waals surface area contributed by atoms with Gasteiger partial charge in [-0.25, -0.2) is 4.39 Å². The summed E-state index contributed by atoms with van der Waals surface area (Å²) in [6, 6.07) is 7.12. The van der Waals surface area contributed by atoms with E-state index < -0.39 is 0 Å². The highest BCUT2D eigenvalue weighted by Gasteiger charge is 2.09. The van der Waals surface area contributed by atoms with Crippen molar-refractivity contribution in [3.63, 3.8) is 0 Å². The van der Waals surface area contributed by atoms with Crippen LogP contribution in [-0.4, -0.2) is 22.9 Å². The Labute approximate surface area is 124 Å². The molecule has 1 aromatic heterocycles. The first-order chi connectivity index (χ1) is 10.2. The molecule has 0 aliphatic heterocycles. The van der Waals surface area contributed by atoms with Gasteiger partial charge in [-0.3, -0.25) is 4.68 Å². The highest BCUT2D eigenvalue weighted by molar-refractivity contribution is 5.30. The number of aromatic nitrogens is 2. The fourth-order valence-corrected chi connectivity index (χ4v) is 2.06. The molecule has 1 unspecified atom stereocenters. The molecule has 21 heavy (non-hydrogen) atoms. The van der Waals surface area contributed by atoms with Gasteiger partial charge in [-0.1, -0.05) is 13.0 Å². The maximum atomic E-state index is 14.0. The molecule has 0 radical (unpaired) electrons. The van der Waals surface area contributed by atoms with E-state index in [2.05, 4.69) is 17.3 Å². The van der Waals surface area contributed by atoms with Crippen molar-refractivity contribution in [3.05, 3.63) is 48.0 Å². The first-order valence-electron chi connectivity index (χ1n) is 7.33. The van der Waals surface area contributed by atoms with Gasteiger partial charge in [0.1, 0.15) is 6.61 Å². The molecule has 0 spiro atoms. The molecular formula is C16H22FN3O. The van der Waals surface area contributed by atoms with Crippen LogP contribution in [-0.2, 0) is 6.54 Å². The van der Waals surface area contributed by atoms with E-state index in [-0.39, 0.29) is 17.6 Å². The van der Waals surface area contributed by atoms with E-state index in [0.717, 1.165) is 18.5 Å². The van der Waals surface area contributed by atoms with Crippen LogP contribution in [0.5, 0.6) is 5.75 Å². The minimum Gasteiger partial charge on any atom is -0.489 e. The van der Waals surface area contributed by atoms with Gasteiger partial charge in [0.15, 0.2) is 11.6 Å². The normalized spacial score (nSPS) is 12.3. The summed E-state index contributed by atoms with van der Waals surface area (Å²) >= 11 is 0. The lowest BCUT2D eigenvalue weighted by molar-refractivity contribution is 0.278. The quantitative estimate of drug-likeness (QED) is 0.812. The Hall–Kier alpha value is -1.88. The second-order valence-electron chi connectivity index (χ2n) is 4.98. The molecule has 2 rings (SSSR count). The molecule has 0 saturated heterocycles. The largest absolute Gasteiger partial charge is 0.489 e. The third-order valence-electron chi connectivity index (χ3n) is 3.29. The Bertz CT molecular complexity index is 542. The SMILES string of the molecule is CCCNC(C)c1ccc(OCCn2cccn2)c(F)c1. The zero-order valence-corrected chi connectivity index (χ0v) is 12.6. The molecular weight excluding hydrogens is 269 g/mol. The Kier molecular flexibility index (Phi) is 5.75. The lowest BCUT2D eigenvalue weighted by Crippen LogP contribution is -2.19. The minimum absolute atomic E-state index is 0.137. The van der Waals surface area contributed by atoms with Gasteiger partial charge < -0.3 is 10.1 Å². The number of rotatable bonds is 8. The average molecular weight is 291 g/mol. The van der Waals surface area contributed by atoms with Crippen LogP contribution >= 0.6 is 0 Å². The molecule has 0 amide bonds. The molecule has 114 valence electrons.